The van der Waals surface area contributed by atoms with Crippen LogP contribution in [-0.4, -0.2) is 27.7 Å². The summed E-state index contributed by atoms with van der Waals surface area (Å²) in [4.78, 5) is 0. The first kappa shape index (κ1) is 11.5. The lowest BCUT2D eigenvalue weighted by Crippen LogP contribution is -2.37. The van der Waals surface area contributed by atoms with E-state index in [2.05, 4.69) is 24.0 Å². The smallest absolute Gasteiger partial charge is 0.160 e. The molecule has 0 aliphatic heterocycles. The molecule has 4 N–H and O–H groups in total. The van der Waals surface area contributed by atoms with Crippen LogP contribution >= 0.6 is 0 Å². The van der Waals surface area contributed by atoms with Crippen LogP contribution in [0.4, 0.5) is 0 Å². The lowest BCUT2D eigenvalue weighted by molar-refractivity contribution is 0.505. The second-order valence-corrected chi connectivity index (χ2v) is 3.78. The van der Waals surface area contributed by atoms with Crippen molar-refractivity contribution in [1.82, 2.24) is 14.8 Å². The standard InChI is InChI=1S/C9H18N6/c1-7(2)8-4-12-15(5-8)6-9(13-10)14(3)11/h4-5,7H,6,10-11H2,1-3H3/b13-9-. The zero-order valence-electron chi connectivity index (χ0n) is 9.38. The minimum atomic E-state index is 0.465. The van der Waals surface area contributed by atoms with Gasteiger partial charge in [-0.2, -0.15) is 10.2 Å². The molecule has 15 heavy (non-hydrogen) atoms. The van der Waals surface area contributed by atoms with Crippen LogP contribution in [-0.2, 0) is 6.54 Å². The molecule has 0 bridgehead atoms. The molecule has 0 radical (unpaired) electrons. The van der Waals surface area contributed by atoms with E-state index in [4.69, 9.17) is 11.7 Å². The molecule has 6 nitrogen and oxygen atoms in total. The van der Waals surface area contributed by atoms with Gasteiger partial charge in [0.1, 0.15) is 6.54 Å². The van der Waals surface area contributed by atoms with Gasteiger partial charge >= 0.3 is 0 Å². The van der Waals surface area contributed by atoms with Gasteiger partial charge in [-0.1, -0.05) is 13.8 Å². The van der Waals surface area contributed by atoms with Gasteiger partial charge in [-0.05, 0) is 11.5 Å². The summed E-state index contributed by atoms with van der Waals surface area (Å²) >= 11 is 0. The number of nitrogens with zero attached hydrogens (tertiary/aromatic N) is 4. The van der Waals surface area contributed by atoms with Crippen LogP contribution in [0.1, 0.15) is 25.3 Å². The number of aromatic nitrogens is 2. The van der Waals surface area contributed by atoms with Crippen molar-refractivity contribution in [2.45, 2.75) is 26.3 Å². The second kappa shape index (κ2) is 4.79. The van der Waals surface area contributed by atoms with Gasteiger partial charge in [-0.25, -0.2) is 5.84 Å². The maximum absolute atomic E-state index is 5.54. The maximum Gasteiger partial charge on any atom is 0.160 e. The highest BCUT2D eigenvalue weighted by Crippen LogP contribution is 2.12. The lowest BCUT2D eigenvalue weighted by atomic mass is 10.1. The molecule has 0 unspecified atom stereocenters. The first-order valence-corrected chi connectivity index (χ1v) is 4.82. The zero-order valence-corrected chi connectivity index (χ0v) is 9.38. The fraction of sp³-hybridized carbons (Fsp3) is 0.556. The van der Waals surface area contributed by atoms with Crippen LogP contribution in [0.2, 0.25) is 0 Å². The van der Waals surface area contributed by atoms with Gasteiger partial charge in [0.05, 0.1) is 6.20 Å². The minimum absolute atomic E-state index is 0.465. The second-order valence-electron chi connectivity index (χ2n) is 3.78. The third-order valence-corrected chi connectivity index (χ3v) is 2.18. The predicted octanol–water partition coefficient (Wildman–Crippen LogP) is 0.0842. The number of likely N-dealkylation sites (N-methyl/N-ethyl adjacent to an activating group) is 1. The highest BCUT2D eigenvalue weighted by Gasteiger charge is 2.07. The van der Waals surface area contributed by atoms with E-state index in [0.29, 0.717) is 18.3 Å². The fourth-order valence-corrected chi connectivity index (χ4v) is 1.15. The highest BCUT2D eigenvalue weighted by atomic mass is 15.4. The van der Waals surface area contributed by atoms with Crippen molar-refractivity contribution in [1.29, 1.82) is 0 Å². The Morgan fingerprint density at radius 2 is 2.33 bits per heavy atom. The predicted molar refractivity (Wildman–Crippen MR) is 59.9 cm³/mol. The van der Waals surface area contributed by atoms with Gasteiger partial charge in [0, 0.05) is 13.2 Å². The van der Waals surface area contributed by atoms with E-state index in [-0.39, 0.29) is 0 Å². The van der Waals surface area contributed by atoms with Crippen LogP contribution in [0.15, 0.2) is 17.5 Å². The van der Waals surface area contributed by atoms with Crippen molar-refractivity contribution < 1.29 is 0 Å². The summed E-state index contributed by atoms with van der Waals surface area (Å²) in [6.45, 7) is 4.72. The summed E-state index contributed by atoms with van der Waals surface area (Å²) in [7, 11) is 1.69. The van der Waals surface area contributed by atoms with Gasteiger partial charge in [0.15, 0.2) is 5.84 Å². The summed E-state index contributed by atoms with van der Waals surface area (Å²) in [6, 6.07) is 0. The first-order chi connectivity index (χ1) is 7.04. The number of hydrogen-bond donors (Lipinski definition) is 2. The van der Waals surface area contributed by atoms with Crippen LogP contribution in [0, 0.1) is 0 Å². The Kier molecular flexibility index (Phi) is 3.68. The summed E-state index contributed by atoms with van der Waals surface area (Å²) in [5.74, 6) is 11.8. The fourth-order valence-electron chi connectivity index (χ4n) is 1.15. The molecule has 0 fully saturated rings. The molecule has 0 amide bonds. The average molecular weight is 210 g/mol. The molecule has 0 atom stereocenters. The molecule has 1 rings (SSSR count). The van der Waals surface area contributed by atoms with Crippen molar-refractivity contribution in [3.63, 3.8) is 0 Å². The van der Waals surface area contributed by atoms with Crippen molar-refractivity contribution in [3.05, 3.63) is 18.0 Å². The zero-order chi connectivity index (χ0) is 11.4. The van der Waals surface area contributed by atoms with Crippen molar-refractivity contribution in [3.8, 4) is 0 Å². The molecule has 0 saturated heterocycles. The first-order valence-electron chi connectivity index (χ1n) is 4.82. The van der Waals surface area contributed by atoms with Gasteiger partial charge in [-0.3, -0.25) is 9.69 Å². The Balaban J connectivity index is 2.72. The van der Waals surface area contributed by atoms with Gasteiger partial charge in [0.2, 0.25) is 0 Å². The monoisotopic (exact) mass is 210 g/mol. The molecule has 0 aliphatic rings. The molecule has 1 aromatic heterocycles. The van der Waals surface area contributed by atoms with E-state index in [1.807, 2.05) is 12.4 Å². The summed E-state index contributed by atoms with van der Waals surface area (Å²) in [5, 5.41) is 9.18. The highest BCUT2D eigenvalue weighted by molar-refractivity contribution is 5.80. The van der Waals surface area contributed by atoms with E-state index in [1.54, 1.807) is 11.7 Å². The molecular weight excluding hydrogens is 192 g/mol. The Morgan fingerprint density at radius 1 is 1.67 bits per heavy atom. The topological polar surface area (TPSA) is 85.5 Å². The van der Waals surface area contributed by atoms with E-state index in [1.165, 1.54) is 10.6 Å². The Bertz CT molecular complexity index is 338. The van der Waals surface area contributed by atoms with Crippen LogP contribution in [0.25, 0.3) is 0 Å². The molecule has 1 heterocycles. The van der Waals surface area contributed by atoms with E-state index in [9.17, 15) is 0 Å². The molecule has 0 spiro atoms. The summed E-state index contributed by atoms with van der Waals surface area (Å²) < 4.78 is 1.77. The van der Waals surface area contributed by atoms with E-state index >= 15 is 0 Å². The summed E-state index contributed by atoms with van der Waals surface area (Å²) in [5.41, 5.74) is 1.19. The number of rotatable bonds is 3. The number of amidine groups is 1. The molecule has 0 aromatic carbocycles. The Labute approximate surface area is 89.5 Å². The van der Waals surface area contributed by atoms with Crippen molar-refractivity contribution in [2.75, 3.05) is 7.05 Å². The Morgan fingerprint density at radius 3 is 2.73 bits per heavy atom. The van der Waals surface area contributed by atoms with Gasteiger partial charge in [0.25, 0.3) is 0 Å². The summed E-state index contributed by atoms with van der Waals surface area (Å²) in [6.07, 6.45) is 3.81. The van der Waals surface area contributed by atoms with E-state index in [0.717, 1.165) is 0 Å². The molecule has 0 saturated carbocycles. The molecule has 6 heteroatoms. The van der Waals surface area contributed by atoms with Crippen molar-refractivity contribution in [2.24, 2.45) is 16.8 Å². The molecule has 0 aliphatic carbocycles. The molecule has 84 valence electrons. The third-order valence-electron chi connectivity index (χ3n) is 2.18. The third kappa shape index (κ3) is 2.95. The van der Waals surface area contributed by atoms with Crippen LogP contribution in [0.5, 0.6) is 0 Å². The van der Waals surface area contributed by atoms with E-state index < -0.39 is 0 Å². The van der Waals surface area contributed by atoms with Crippen molar-refractivity contribution >= 4 is 5.84 Å². The number of hydrazone groups is 1. The number of hydrazine groups is 1. The minimum Gasteiger partial charge on any atom is -0.321 e. The van der Waals surface area contributed by atoms with Gasteiger partial charge < -0.3 is 5.84 Å². The average Bonchev–Trinajstić information content (AvgIpc) is 2.61. The largest absolute Gasteiger partial charge is 0.321 e. The Hall–Kier alpha value is -1.56. The number of nitrogens with two attached hydrogens (primary N) is 2. The normalized spacial score (nSPS) is 12.2. The quantitative estimate of drug-likeness (QED) is 0.320. The van der Waals surface area contributed by atoms with Crippen LogP contribution < -0.4 is 11.7 Å². The van der Waals surface area contributed by atoms with Crippen LogP contribution in [0.3, 0.4) is 0 Å². The maximum atomic E-state index is 5.54. The number of hydrogen-bond acceptors (Lipinski definition) is 4. The lowest BCUT2D eigenvalue weighted by Gasteiger charge is -2.13. The molecule has 1 aromatic rings. The SMILES string of the molecule is CC(C)c1cnn(C/C(=N/N)N(C)N)c1. The molecular formula is C9H18N6. The van der Waals surface area contributed by atoms with Gasteiger partial charge in [-0.15, -0.1) is 0 Å².